The van der Waals surface area contributed by atoms with Crippen LogP contribution in [0.4, 0.5) is 0 Å². The standard InChI is InChI=1S/C8H13N/c1-5-6-9-8(4)7(2)3/h6H,2,4-5H2,1,3H3. The highest BCUT2D eigenvalue weighted by Gasteiger charge is 1.85. The van der Waals surface area contributed by atoms with Crippen LogP contribution in [0.5, 0.6) is 0 Å². The Balaban J connectivity index is 3.77. The molecule has 9 heavy (non-hydrogen) atoms. The molecule has 0 aromatic rings. The van der Waals surface area contributed by atoms with E-state index in [0.717, 1.165) is 17.7 Å². The van der Waals surface area contributed by atoms with Crippen LogP contribution in [0.15, 0.2) is 29.4 Å². The van der Waals surface area contributed by atoms with Crippen LogP contribution in [-0.2, 0) is 0 Å². The fourth-order valence-electron chi connectivity index (χ4n) is 0.312. The second kappa shape index (κ2) is 4.07. The first-order valence-electron chi connectivity index (χ1n) is 3.05. The van der Waals surface area contributed by atoms with Crippen LogP contribution in [0.25, 0.3) is 0 Å². The summed E-state index contributed by atoms with van der Waals surface area (Å²) in [7, 11) is 0. The summed E-state index contributed by atoms with van der Waals surface area (Å²) in [5.74, 6) is 0. The summed E-state index contributed by atoms with van der Waals surface area (Å²) in [5, 5.41) is 0. The Bertz CT molecular complexity index is 143. The Labute approximate surface area is 56.8 Å². The molecule has 0 aromatic carbocycles. The van der Waals surface area contributed by atoms with Gasteiger partial charge in [0.1, 0.15) is 0 Å². The summed E-state index contributed by atoms with van der Waals surface area (Å²) < 4.78 is 0. The molecule has 0 fully saturated rings. The lowest BCUT2D eigenvalue weighted by Gasteiger charge is -1.93. The molecule has 1 heteroatoms. The average Bonchev–Trinajstić information content (AvgIpc) is 1.82. The molecule has 0 amide bonds. The van der Waals surface area contributed by atoms with Crippen molar-refractivity contribution < 1.29 is 0 Å². The summed E-state index contributed by atoms with van der Waals surface area (Å²) in [6.45, 7) is 11.3. The Hall–Kier alpha value is -0.850. The van der Waals surface area contributed by atoms with Gasteiger partial charge in [-0.3, -0.25) is 4.99 Å². The first-order valence-corrected chi connectivity index (χ1v) is 3.05. The van der Waals surface area contributed by atoms with Gasteiger partial charge in [0.15, 0.2) is 0 Å². The highest BCUT2D eigenvalue weighted by atomic mass is 14.7. The third kappa shape index (κ3) is 3.71. The number of nitrogens with zero attached hydrogens (tertiary/aromatic N) is 1. The van der Waals surface area contributed by atoms with E-state index in [2.05, 4.69) is 18.2 Å². The summed E-state index contributed by atoms with van der Waals surface area (Å²) >= 11 is 0. The quantitative estimate of drug-likeness (QED) is 0.404. The first kappa shape index (κ1) is 8.15. The summed E-state index contributed by atoms with van der Waals surface area (Å²) in [4.78, 5) is 4.02. The van der Waals surface area contributed by atoms with E-state index in [1.807, 2.05) is 20.1 Å². The number of hydrogen-bond acceptors (Lipinski definition) is 1. The smallest absolute Gasteiger partial charge is 0.0577 e. The molecule has 0 saturated carbocycles. The van der Waals surface area contributed by atoms with Gasteiger partial charge < -0.3 is 0 Å². The Morgan fingerprint density at radius 1 is 1.56 bits per heavy atom. The Morgan fingerprint density at radius 2 is 2.11 bits per heavy atom. The molecule has 0 bridgehead atoms. The zero-order chi connectivity index (χ0) is 7.28. The van der Waals surface area contributed by atoms with Crippen molar-refractivity contribution in [2.75, 3.05) is 0 Å². The zero-order valence-corrected chi connectivity index (χ0v) is 6.15. The molecule has 0 saturated heterocycles. The van der Waals surface area contributed by atoms with Gasteiger partial charge in [-0.05, 0) is 18.9 Å². The van der Waals surface area contributed by atoms with Gasteiger partial charge in [-0.25, -0.2) is 0 Å². The van der Waals surface area contributed by atoms with Crippen LogP contribution in [0.1, 0.15) is 20.3 Å². The van der Waals surface area contributed by atoms with E-state index in [1.54, 1.807) is 0 Å². The van der Waals surface area contributed by atoms with Gasteiger partial charge in [-0.1, -0.05) is 20.1 Å². The molecule has 1 nitrogen and oxygen atoms in total. The molecule has 0 aromatic heterocycles. The topological polar surface area (TPSA) is 12.4 Å². The van der Waals surface area contributed by atoms with Gasteiger partial charge in [0.2, 0.25) is 0 Å². The zero-order valence-electron chi connectivity index (χ0n) is 6.15. The molecule has 0 radical (unpaired) electrons. The van der Waals surface area contributed by atoms with E-state index in [-0.39, 0.29) is 0 Å². The molecule has 0 aliphatic rings. The highest BCUT2D eigenvalue weighted by molar-refractivity contribution is 5.59. The molecular formula is C8H13N. The van der Waals surface area contributed by atoms with Crippen LogP contribution >= 0.6 is 0 Å². The van der Waals surface area contributed by atoms with Crippen LogP contribution < -0.4 is 0 Å². The molecule has 0 atom stereocenters. The number of rotatable bonds is 3. The predicted molar refractivity (Wildman–Crippen MR) is 42.7 cm³/mol. The molecule has 0 spiro atoms. The maximum Gasteiger partial charge on any atom is 0.0577 e. The number of aliphatic imine (C=N–C) groups is 1. The van der Waals surface area contributed by atoms with Gasteiger partial charge in [0, 0.05) is 6.21 Å². The molecule has 50 valence electrons. The van der Waals surface area contributed by atoms with Gasteiger partial charge in [0.05, 0.1) is 5.70 Å². The van der Waals surface area contributed by atoms with E-state index in [1.165, 1.54) is 0 Å². The normalized spacial score (nSPS) is 10.0. The van der Waals surface area contributed by atoms with Gasteiger partial charge in [-0.2, -0.15) is 0 Å². The maximum absolute atomic E-state index is 4.02. The van der Waals surface area contributed by atoms with Crippen molar-refractivity contribution in [1.29, 1.82) is 0 Å². The Morgan fingerprint density at radius 3 is 2.44 bits per heavy atom. The average molecular weight is 123 g/mol. The lowest BCUT2D eigenvalue weighted by molar-refractivity contribution is 1.26. The first-order chi connectivity index (χ1) is 4.18. The molecule has 0 rings (SSSR count). The molecule has 0 N–H and O–H groups in total. The van der Waals surface area contributed by atoms with Gasteiger partial charge >= 0.3 is 0 Å². The van der Waals surface area contributed by atoms with Crippen molar-refractivity contribution in [1.82, 2.24) is 0 Å². The molecular weight excluding hydrogens is 110 g/mol. The van der Waals surface area contributed by atoms with E-state index in [9.17, 15) is 0 Å². The van der Waals surface area contributed by atoms with Crippen LogP contribution in [0.2, 0.25) is 0 Å². The third-order valence-corrected chi connectivity index (χ3v) is 0.922. The fraction of sp³-hybridized carbons (Fsp3) is 0.375. The fourth-order valence-corrected chi connectivity index (χ4v) is 0.312. The van der Waals surface area contributed by atoms with E-state index < -0.39 is 0 Å². The van der Waals surface area contributed by atoms with Gasteiger partial charge in [0.25, 0.3) is 0 Å². The highest BCUT2D eigenvalue weighted by Crippen LogP contribution is 2.02. The molecule has 0 aliphatic carbocycles. The summed E-state index contributed by atoms with van der Waals surface area (Å²) in [6, 6.07) is 0. The van der Waals surface area contributed by atoms with E-state index in [4.69, 9.17) is 0 Å². The minimum absolute atomic E-state index is 0.775. The van der Waals surface area contributed by atoms with E-state index >= 15 is 0 Å². The van der Waals surface area contributed by atoms with Crippen molar-refractivity contribution in [2.45, 2.75) is 20.3 Å². The lowest BCUT2D eigenvalue weighted by atomic mass is 10.3. The minimum atomic E-state index is 0.775. The lowest BCUT2D eigenvalue weighted by Crippen LogP contribution is -1.76. The van der Waals surface area contributed by atoms with Crippen LogP contribution in [-0.4, -0.2) is 6.21 Å². The minimum Gasteiger partial charge on any atom is -0.262 e. The van der Waals surface area contributed by atoms with E-state index in [0.29, 0.717) is 0 Å². The summed E-state index contributed by atoms with van der Waals surface area (Å²) in [6.07, 6.45) is 2.78. The second-order valence-corrected chi connectivity index (χ2v) is 1.95. The van der Waals surface area contributed by atoms with Crippen molar-refractivity contribution in [2.24, 2.45) is 4.99 Å². The van der Waals surface area contributed by atoms with Crippen LogP contribution in [0.3, 0.4) is 0 Å². The Kier molecular flexibility index (Phi) is 3.69. The number of allylic oxidation sites excluding steroid dienone is 1. The number of hydrogen-bond donors (Lipinski definition) is 0. The van der Waals surface area contributed by atoms with Crippen molar-refractivity contribution in [3.05, 3.63) is 24.4 Å². The molecule has 0 aliphatic heterocycles. The van der Waals surface area contributed by atoms with Crippen LogP contribution in [0, 0.1) is 0 Å². The maximum atomic E-state index is 4.02. The van der Waals surface area contributed by atoms with Crippen molar-refractivity contribution >= 4 is 6.21 Å². The van der Waals surface area contributed by atoms with Gasteiger partial charge in [-0.15, -0.1) is 0 Å². The van der Waals surface area contributed by atoms with Crippen molar-refractivity contribution in [3.8, 4) is 0 Å². The summed E-state index contributed by atoms with van der Waals surface area (Å²) in [5.41, 5.74) is 1.71. The monoisotopic (exact) mass is 123 g/mol. The van der Waals surface area contributed by atoms with Crippen molar-refractivity contribution in [3.63, 3.8) is 0 Å². The molecule has 0 heterocycles. The third-order valence-electron chi connectivity index (χ3n) is 0.922. The molecule has 0 unspecified atom stereocenters. The second-order valence-electron chi connectivity index (χ2n) is 1.95. The predicted octanol–water partition coefficient (Wildman–Crippen LogP) is 2.56. The SMILES string of the molecule is C=C(C)C(=C)N=CCC. The largest absolute Gasteiger partial charge is 0.262 e.